The van der Waals surface area contributed by atoms with E-state index in [2.05, 4.69) is 4.98 Å². The number of para-hydroxylation sites is 1. The topological polar surface area (TPSA) is 81.5 Å². The number of hydrogen-bond donors (Lipinski definition) is 0. The van der Waals surface area contributed by atoms with Gasteiger partial charge < -0.3 is 4.74 Å². The van der Waals surface area contributed by atoms with Gasteiger partial charge >= 0.3 is 0 Å². The van der Waals surface area contributed by atoms with Gasteiger partial charge in [-0.1, -0.05) is 12.1 Å². The first-order valence-corrected chi connectivity index (χ1v) is 9.73. The van der Waals surface area contributed by atoms with Gasteiger partial charge in [0.2, 0.25) is 10.0 Å². The van der Waals surface area contributed by atoms with Crippen LogP contribution in [0.3, 0.4) is 0 Å². The maximum Gasteiger partial charge on any atom is 0.261 e. The zero-order chi connectivity index (χ0) is 17.3. The van der Waals surface area contributed by atoms with Gasteiger partial charge in [-0.3, -0.25) is 9.36 Å². The van der Waals surface area contributed by atoms with E-state index in [0.717, 1.165) is 6.42 Å². The quantitative estimate of drug-likeness (QED) is 0.807. The van der Waals surface area contributed by atoms with Gasteiger partial charge in [0.25, 0.3) is 5.56 Å². The van der Waals surface area contributed by atoms with Crippen molar-refractivity contribution < 1.29 is 13.2 Å². The lowest BCUT2D eigenvalue weighted by molar-refractivity contribution is 0.183. The SMILES string of the molecule is COCCn1c(C2CCCN2S(C)(=O)=O)nc2ccccc2c1=O. The molecule has 0 bridgehead atoms. The molecular weight excluding hydrogens is 330 g/mol. The summed E-state index contributed by atoms with van der Waals surface area (Å²) in [4.78, 5) is 17.5. The molecule has 1 fully saturated rings. The van der Waals surface area contributed by atoms with Crippen LogP contribution in [-0.2, 0) is 21.3 Å². The number of ether oxygens (including phenoxy) is 1. The molecule has 2 heterocycles. The Bertz CT molecular complexity index is 907. The van der Waals surface area contributed by atoms with Gasteiger partial charge in [-0.25, -0.2) is 13.4 Å². The summed E-state index contributed by atoms with van der Waals surface area (Å²) in [5.41, 5.74) is 0.430. The summed E-state index contributed by atoms with van der Waals surface area (Å²) in [7, 11) is -1.79. The van der Waals surface area contributed by atoms with Crippen LogP contribution in [0.25, 0.3) is 10.9 Å². The molecule has 0 spiro atoms. The second kappa shape index (κ2) is 6.62. The van der Waals surface area contributed by atoms with Crippen molar-refractivity contribution in [3.05, 3.63) is 40.4 Å². The smallest absolute Gasteiger partial charge is 0.261 e. The van der Waals surface area contributed by atoms with Crippen molar-refractivity contribution in [2.24, 2.45) is 0 Å². The highest BCUT2D eigenvalue weighted by Crippen LogP contribution is 2.32. The Hall–Kier alpha value is -1.77. The van der Waals surface area contributed by atoms with E-state index in [-0.39, 0.29) is 5.56 Å². The molecule has 1 atom stereocenters. The molecule has 24 heavy (non-hydrogen) atoms. The fourth-order valence-electron chi connectivity index (χ4n) is 3.23. The lowest BCUT2D eigenvalue weighted by Gasteiger charge is -2.24. The van der Waals surface area contributed by atoms with Gasteiger partial charge in [0.05, 0.1) is 36.4 Å². The second-order valence-corrected chi connectivity index (χ2v) is 7.90. The van der Waals surface area contributed by atoms with Crippen LogP contribution >= 0.6 is 0 Å². The molecule has 8 heteroatoms. The molecule has 1 aliphatic heterocycles. The van der Waals surface area contributed by atoms with Crippen LogP contribution in [0.5, 0.6) is 0 Å². The third-order valence-electron chi connectivity index (χ3n) is 4.34. The highest BCUT2D eigenvalue weighted by molar-refractivity contribution is 7.88. The van der Waals surface area contributed by atoms with E-state index in [1.807, 2.05) is 6.07 Å². The molecule has 1 unspecified atom stereocenters. The number of nitrogens with zero attached hydrogens (tertiary/aromatic N) is 3. The Labute approximate surface area is 140 Å². The zero-order valence-electron chi connectivity index (χ0n) is 13.8. The van der Waals surface area contributed by atoms with E-state index in [0.29, 0.717) is 42.8 Å². The summed E-state index contributed by atoms with van der Waals surface area (Å²) in [5.74, 6) is 0.499. The highest BCUT2D eigenvalue weighted by atomic mass is 32.2. The van der Waals surface area contributed by atoms with Gasteiger partial charge in [0, 0.05) is 13.7 Å². The average Bonchev–Trinajstić information content (AvgIpc) is 3.03. The fraction of sp³-hybridized carbons (Fsp3) is 0.500. The summed E-state index contributed by atoms with van der Waals surface area (Å²) in [6.45, 7) is 1.16. The predicted molar refractivity (Wildman–Crippen MR) is 91.4 cm³/mol. The first-order valence-electron chi connectivity index (χ1n) is 7.88. The predicted octanol–water partition coefficient (Wildman–Crippen LogP) is 1.14. The van der Waals surface area contributed by atoms with Gasteiger partial charge in [0.15, 0.2) is 0 Å². The Morgan fingerprint density at radius 2 is 2.08 bits per heavy atom. The fourth-order valence-corrected chi connectivity index (χ4v) is 4.36. The number of rotatable bonds is 5. The second-order valence-electron chi connectivity index (χ2n) is 5.97. The van der Waals surface area contributed by atoms with Gasteiger partial charge in [0.1, 0.15) is 5.82 Å². The summed E-state index contributed by atoms with van der Waals surface area (Å²) in [6, 6.07) is 6.72. The minimum Gasteiger partial charge on any atom is -0.383 e. The van der Waals surface area contributed by atoms with Crippen LogP contribution in [0.4, 0.5) is 0 Å². The van der Waals surface area contributed by atoms with E-state index in [1.54, 1.807) is 29.9 Å². The third kappa shape index (κ3) is 3.09. The first-order chi connectivity index (χ1) is 11.4. The average molecular weight is 351 g/mol. The summed E-state index contributed by atoms with van der Waals surface area (Å²) in [5, 5.41) is 0.529. The summed E-state index contributed by atoms with van der Waals surface area (Å²) < 4.78 is 32.3. The Morgan fingerprint density at radius 3 is 2.79 bits per heavy atom. The minimum atomic E-state index is -3.36. The molecule has 0 aliphatic carbocycles. The number of methoxy groups -OCH3 is 1. The lowest BCUT2D eigenvalue weighted by Crippen LogP contribution is -2.35. The number of benzene rings is 1. The number of fused-ring (bicyclic) bond motifs is 1. The zero-order valence-corrected chi connectivity index (χ0v) is 14.6. The molecule has 3 rings (SSSR count). The maximum absolute atomic E-state index is 12.9. The largest absolute Gasteiger partial charge is 0.383 e. The third-order valence-corrected chi connectivity index (χ3v) is 5.63. The lowest BCUT2D eigenvalue weighted by atomic mass is 10.2. The van der Waals surface area contributed by atoms with Crippen molar-refractivity contribution in [1.29, 1.82) is 0 Å². The molecule has 0 N–H and O–H groups in total. The van der Waals surface area contributed by atoms with Crippen molar-refractivity contribution >= 4 is 20.9 Å². The molecule has 7 nitrogen and oxygen atoms in total. The van der Waals surface area contributed by atoms with Crippen LogP contribution in [0.1, 0.15) is 24.7 Å². The maximum atomic E-state index is 12.9. The number of sulfonamides is 1. The van der Waals surface area contributed by atoms with E-state index in [4.69, 9.17) is 4.74 Å². The van der Waals surface area contributed by atoms with E-state index < -0.39 is 16.1 Å². The van der Waals surface area contributed by atoms with Gasteiger partial charge in [-0.15, -0.1) is 0 Å². The molecule has 1 aromatic heterocycles. The number of hydrogen-bond acceptors (Lipinski definition) is 5. The van der Waals surface area contributed by atoms with Gasteiger partial charge in [-0.2, -0.15) is 4.31 Å². The van der Waals surface area contributed by atoms with Crippen molar-refractivity contribution in [2.45, 2.75) is 25.4 Å². The van der Waals surface area contributed by atoms with Crippen LogP contribution in [0.15, 0.2) is 29.1 Å². The molecule has 1 saturated heterocycles. The molecule has 1 aliphatic rings. The van der Waals surface area contributed by atoms with Crippen molar-refractivity contribution in [3.8, 4) is 0 Å². The van der Waals surface area contributed by atoms with Crippen LogP contribution < -0.4 is 5.56 Å². The van der Waals surface area contributed by atoms with Crippen molar-refractivity contribution in [1.82, 2.24) is 13.9 Å². The monoisotopic (exact) mass is 351 g/mol. The van der Waals surface area contributed by atoms with Crippen molar-refractivity contribution in [2.75, 3.05) is 26.5 Å². The summed E-state index contributed by atoms with van der Waals surface area (Å²) in [6.07, 6.45) is 2.61. The minimum absolute atomic E-state index is 0.159. The first kappa shape index (κ1) is 17.1. The molecular formula is C16H21N3O4S. The van der Waals surface area contributed by atoms with Crippen molar-refractivity contribution in [3.63, 3.8) is 0 Å². The molecule has 0 saturated carbocycles. The highest BCUT2D eigenvalue weighted by Gasteiger charge is 2.35. The van der Waals surface area contributed by atoms with Crippen LogP contribution in [0.2, 0.25) is 0 Å². The standard InChI is InChI=1S/C16H21N3O4S/c1-23-11-10-18-15(14-8-5-9-19(14)24(2,21)22)17-13-7-4-3-6-12(13)16(18)20/h3-4,6-7,14H,5,8-11H2,1-2H3. The molecule has 2 aromatic rings. The normalized spacial score (nSPS) is 19.2. The Kier molecular flexibility index (Phi) is 4.71. The molecule has 0 radical (unpaired) electrons. The Balaban J connectivity index is 2.20. The van der Waals surface area contributed by atoms with E-state index in [1.165, 1.54) is 10.6 Å². The van der Waals surface area contributed by atoms with Gasteiger partial charge in [-0.05, 0) is 25.0 Å². The molecule has 0 amide bonds. The van der Waals surface area contributed by atoms with E-state index >= 15 is 0 Å². The van der Waals surface area contributed by atoms with E-state index in [9.17, 15) is 13.2 Å². The molecule has 130 valence electrons. The number of aromatic nitrogens is 2. The van der Waals surface area contributed by atoms with Crippen LogP contribution in [-0.4, -0.2) is 48.8 Å². The molecule has 1 aromatic carbocycles. The van der Waals surface area contributed by atoms with Crippen LogP contribution in [0, 0.1) is 0 Å². The summed E-state index contributed by atoms with van der Waals surface area (Å²) >= 11 is 0. The Morgan fingerprint density at radius 1 is 1.33 bits per heavy atom.